The van der Waals surface area contributed by atoms with Crippen LogP contribution in [0.5, 0.6) is 0 Å². The third-order valence-electron chi connectivity index (χ3n) is 4.33. The molecule has 0 amide bonds. The van der Waals surface area contributed by atoms with E-state index >= 15 is 0 Å². The Kier molecular flexibility index (Phi) is 1.24. The standard InChI is InChI=1S/C12H14O/c13-10-9-11-5-1-3-7-12(10,11)8-4-2-6-11/h1-4H,5-9H2. The van der Waals surface area contributed by atoms with Gasteiger partial charge in [0.15, 0.2) is 0 Å². The molecule has 0 aromatic heterocycles. The molecule has 1 saturated carbocycles. The molecule has 68 valence electrons. The van der Waals surface area contributed by atoms with E-state index in [-0.39, 0.29) is 5.41 Å². The van der Waals surface area contributed by atoms with Gasteiger partial charge in [-0.05, 0) is 31.1 Å². The predicted octanol–water partition coefficient (Wildman–Crippen LogP) is 2.63. The van der Waals surface area contributed by atoms with Crippen LogP contribution < -0.4 is 0 Å². The van der Waals surface area contributed by atoms with Crippen LogP contribution in [0.4, 0.5) is 0 Å². The van der Waals surface area contributed by atoms with Gasteiger partial charge < -0.3 is 0 Å². The monoisotopic (exact) mass is 174 g/mol. The van der Waals surface area contributed by atoms with Crippen LogP contribution in [-0.2, 0) is 4.79 Å². The molecular formula is C12H14O. The molecule has 1 nitrogen and oxygen atoms in total. The zero-order valence-electron chi connectivity index (χ0n) is 7.75. The van der Waals surface area contributed by atoms with Crippen molar-refractivity contribution in [2.24, 2.45) is 10.8 Å². The lowest BCUT2D eigenvalue weighted by Crippen LogP contribution is -2.60. The number of hydrogen-bond acceptors (Lipinski definition) is 1. The Bertz CT molecular complexity index is 304. The predicted molar refractivity (Wildman–Crippen MR) is 51.2 cm³/mol. The third-order valence-corrected chi connectivity index (χ3v) is 4.33. The Morgan fingerprint density at radius 1 is 0.923 bits per heavy atom. The van der Waals surface area contributed by atoms with Gasteiger partial charge in [0.05, 0.1) is 0 Å². The van der Waals surface area contributed by atoms with Gasteiger partial charge in [0.25, 0.3) is 0 Å². The molecule has 0 aliphatic heterocycles. The number of carbonyl (C=O) groups is 1. The maximum atomic E-state index is 11.7. The van der Waals surface area contributed by atoms with E-state index in [4.69, 9.17) is 0 Å². The van der Waals surface area contributed by atoms with E-state index in [9.17, 15) is 4.79 Å². The highest BCUT2D eigenvalue weighted by atomic mass is 16.1. The van der Waals surface area contributed by atoms with Crippen LogP contribution in [0.2, 0.25) is 0 Å². The molecule has 0 spiro atoms. The smallest absolute Gasteiger partial charge is 0.140 e. The molecule has 0 saturated heterocycles. The van der Waals surface area contributed by atoms with Crippen LogP contribution >= 0.6 is 0 Å². The van der Waals surface area contributed by atoms with E-state index in [1.165, 1.54) is 0 Å². The van der Waals surface area contributed by atoms with Crippen LogP contribution in [0.3, 0.4) is 0 Å². The van der Waals surface area contributed by atoms with Gasteiger partial charge >= 0.3 is 0 Å². The summed E-state index contributed by atoms with van der Waals surface area (Å²) in [6, 6.07) is 0. The summed E-state index contributed by atoms with van der Waals surface area (Å²) in [5.41, 5.74) is 0.379. The maximum absolute atomic E-state index is 11.7. The summed E-state index contributed by atoms with van der Waals surface area (Å²) in [5.74, 6) is 0.515. The first-order chi connectivity index (χ1) is 6.29. The Hall–Kier alpha value is -0.850. The van der Waals surface area contributed by atoms with E-state index < -0.39 is 0 Å². The SMILES string of the molecule is O=C1CC23CC=CCC12CC=CC3. The molecule has 0 unspecified atom stereocenters. The maximum Gasteiger partial charge on any atom is 0.140 e. The molecule has 0 N–H and O–H groups in total. The molecular weight excluding hydrogens is 160 g/mol. The van der Waals surface area contributed by atoms with Crippen molar-refractivity contribution in [2.75, 3.05) is 0 Å². The van der Waals surface area contributed by atoms with E-state index in [0.29, 0.717) is 11.2 Å². The van der Waals surface area contributed by atoms with Crippen LogP contribution in [0.15, 0.2) is 24.3 Å². The summed E-state index contributed by atoms with van der Waals surface area (Å²) in [6.45, 7) is 0. The Morgan fingerprint density at radius 3 is 1.92 bits per heavy atom. The highest BCUT2D eigenvalue weighted by molar-refractivity contribution is 5.94. The summed E-state index contributed by atoms with van der Waals surface area (Å²) in [6.07, 6.45) is 14.0. The van der Waals surface area contributed by atoms with Gasteiger partial charge in [0.2, 0.25) is 0 Å². The zero-order valence-corrected chi connectivity index (χ0v) is 7.75. The number of ketones is 1. The molecule has 0 radical (unpaired) electrons. The molecule has 3 aliphatic carbocycles. The zero-order chi connectivity index (χ0) is 8.94. The van der Waals surface area contributed by atoms with E-state index in [0.717, 1.165) is 32.1 Å². The Morgan fingerprint density at radius 2 is 1.46 bits per heavy atom. The van der Waals surface area contributed by atoms with Crippen molar-refractivity contribution in [3.8, 4) is 0 Å². The van der Waals surface area contributed by atoms with Crippen molar-refractivity contribution in [3.05, 3.63) is 24.3 Å². The van der Waals surface area contributed by atoms with Gasteiger partial charge in [-0.25, -0.2) is 0 Å². The minimum Gasteiger partial charge on any atom is -0.299 e. The van der Waals surface area contributed by atoms with Crippen molar-refractivity contribution in [2.45, 2.75) is 32.1 Å². The first kappa shape index (κ1) is 7.54. The summed E-state index contributed by atoms with van der Waals surface area (Å²) in [5, 5.41) is 0. The van der Waals surface area contributed by atoms with E-state index in [2.05, 4.69) is 24.3 Å². The molecule has 0 aromatic carbocycles. The topological polar surface area (TPSA) is 17.1 Å². The molecule has 0 heterocycles. The lowest BCUT2D eigenvalue weighted by atomic mass is 9.41. The first-order valence-electron chi connectivity index (χ1n) is 5.13. The van der Waals surface area contributed by atoms with Crippen LogP contribution in [0, 0.1) is 10.8 Å². The quantitative estimate of drug-likeness (QED) is 0.516. The van der Waals surface area contributed by atoms with Crippen LogP contribution in [-0.4, -0.2) is 5.78 Å². The highest BCUT2D eigenvalue weighted by Gasteiger charge is 2.64. The third kappa shape index (κ3) is 0.676. The van der Waals surface area contributed by atoms with Crippen molar-refractivity contribution < 1.29 is 4.79 Å². The van der Waals surface area contributed by atoms with Crippen LogP contribution in [0.1, 0.15) is 32.1 Å². The summed E-state index contributed by atoms with van der Waals surface area (Å²) in [7, 11) is 0. The van der Waals surface area contributed by atoms with E-state index in [1.54, 1.807) is 0 Å². The van der Waals surface area contributed by atoms with Gasteiger partial charge in [0.1, 0.15) is 5.78 Å². The number of allylic oxidation sites excluding steroid dienone is 4. The first-order valence-corrected chi connectivity index (χ1v) is 5.13. The van der Waals surface area contributed by atoms with E-state index in [1.807, 2.05) is 0 Å². The molecule has 0 bridgehead atoms. The molecule has 13 heavy (non-hydrogen) atoms. The van der Waals surface area contributed by atoms with Gasteiger partial charge in [0, 0.05) is 11.8 Å². The minimum absolute atomic E-state index is 0.0382. The fraction of sp³-hybridized carbons (Fsp3) is 0.583. The second-order valence-electron chi connectivity index (χ2n) is 4.72. The number of rotatable bonds is 0. The lowest BCUT2D eigenvalue weighted by Gasteiger charge is -2.60. The van der Waals surface area contributed by atoms with Gasteiger partial charge in [-0.1, -0.05) is 24.3 Å². The number of carbonyl (C=O) groups excluding carboxylic acids is 1. The second kappa shape index (κ2) is 2.14. The fourth-order valence-corrected chi connectivity index (χ4v) is 3.38. The fourth-order valence-electron chi connectivity index (χ4n) is 3.38. The summed E-state index contributed by atoms with van der Waals surface area (Å²) < 4.78 is 0. The largest absolute Gasteiger partial charge is 0.299 e. The van der Waals surface area contributed by atoms with Crippen LogP contribution in [0.25, 0.3) is 0 Å². The van der Waals surface area contributed by atoms with Crippen molar-refractivity contribution in [3.63, 3.8) is 0 Å². The molecule has 1 heteroatoms. The lowest BCUT2D eigenvalue weighted by molar-refractivity contribution is -0.162. The average Bonchev–Trinajstić information content (AvgIpc) is 2.15. The van der Waals surface area contributed by atoms with Crippen molar-refractivity contribution in [1.82, 2.24) is 0 Å². The summed E-state index contributed by atoms with van der Waals surface area (Å²) >= 11 is 0. The molecule has 3 rings (SSSR count). The van der Waals surface area contributed by atoms with Crippen molar-refractivity contribution >= 4 is 5.78 Å². The summed E-state index contributed by atoms with van der Waals surface area (Å²) in [4.78, 5) is 11.7. The van der Waals surface area contributed by atoms with Gasteiger partial charge in [-0.15, -0.1) is 0 Å². The Balaban J connectivity index is 2.10. The highest BCUT2D eigenvalue weighted by Crippen LogP contribution is 2.65. The molecule has 1 fully saturated rings. The van der Waals surface area contributed by atoms with Gasteiger partial charge in [-0.3, -0.25) is 4.79 Å². The van der Waals surface area contributed by atoms with Crippen molar-refractivity contribution in [1.29, 1.82) is 0 Å². The average molecular weight is 174 g/mol. The Labute approximate surface area is 78.5 Å². The minimum atomic E-state index is 0.0382. The normalized spacial score (nSPS) is 46.6. The second-order valence-corrected chi connectivity index (χ2v) is 4.72. The molecule has 0 aromatic rings. The molecule has 0 atom stereocenters. The number of Topliss-reactive ketones (excluding diaryl/α,β-unsaturated/α-hetero) is 1. The number of hydrogen-bond donors (Lipinski definition) is 0. The molecule has 3 aliphatic rings. The van der Waals surface area contributed by atoms with Gasteiger partial charge in [-0.2, -0.15) is 0 Å².